The van der Waals surface area contributed by atoms with Crippen LogP contribution in [0.15, 0.2) is 23.0 Å². The van der Waals surface area contributed by atoms with Gasteiger partial charge >= 0.3 is 0 Å². The van der Waals surface area contributed by atoms with E-state index in [4.69, 9.17) is 16.6 Å². The van der Waals surface area contributed by atoms with Crippen LogP contribution in [0.5, 0.6) is 0 Å². The fraction of sp³-hybridized carbons (Fsp3) is 0.550. The summed E-state index contributed by atoms with van der Waals surface area (Å²) in [5, 5.41) is 1.07. The molecule has 27 heavy (non-hydrogen) atoms. The zero-order valence-corrected chi connectivity index (χ0v) is 17.0. The number of amides is 1. The van der Waals surface area contributed by atoms with Crippen LogP contribution >= 0.6 is 11.6 Å². The van der Waals surface area contributed by atoms with Crippen molar-refractivity contribution >= 4 is 28.4 Å². The molecular formula is C20H27ClN4O2. The third-order valence-electron chi connectivity index (χ3n) is 5.40. The van der Waals surface area contributed by atoms with Gasteiger partial charge in [-0.25, -0.2) is 4.98 Å². The number of piperazine rings is 1. The van der Waals surface area contributed by atoms with Gasteiger partial charge in [0.15, 0.2) is 0 Å². The van der Waals surface area contributed by atoms with E-state index in [0.717, 1.165) is 44.8 Å². The summed E-state index contributed by atoms with van der Waals surface area (Å²) >= 11 is 6.02. The van der Waals surface area contributed by atoms with Gasteiger partial charge in [-0.3, -0.25) is 19.1 Å². The number of nitrogens with zero attached hydrogens (tertiary/aromatic N) is 4. The van der Waals surface area contributed by atoms with Crippen molar-refractivity contribution in [3.05, 3.63) is 39.4 Å². The number of carbonyl (C=O) groups excluding carboxylic acids is 1. The second kappa shape index (κ2) is 8.40. The van der Waals surface area contributed by atoms with Crippen molar-refractivity contribution in [1.82, 2.24) is 19.4 Å². The Morgan fingerprint density at radius 3 is 2.63 bits per heavy atom. The molecule has 0 bridgehead atoms. The Bertz CT molecular complexity index is 887. The molecule has 1 atom stereocenters. The molecule has 146 valence electrons. The van der Waals surface area contributed by atoms with Crippen LogP contribution in [0.25, 0.3) is 10.9 Å². The van der Waals surface area contributed by atoms with Gasteiger partial charge in [0, 0.05) is 44.7 Å². The van der Waals surface area contributed by atoms with E-state index in [1.165, 1.54) is 0 Å². The van der Waals surface area contributed by atoms with E-state index >= 15 is 0 Å². The summed E-state index contributed by atoms with van der Waals surface area (Å²) in [6, 6.07) is 5.21. The predicted molar refractivity (Wildman–Crippen MR) is 108 cm³/mol. The Morgan fingerprint density at radius 2 is 1.96 bits per heavy atom. The van der Waals surface area contributed by atoms with Crippen LogP contribution in [0, 0.1) is 0 Å². The highest BCUT2D eigenvalue weighted by molar-refractivity contribution is 6.31. The van der Waals surface area contributed by atoms with Crippen LogP contribution in [0.1, 0.15) is 45.0 Å². The van der Waals surface area contributed by atoms with Gasteiger partial charge in [-0.1, -0.05) is 24.9 Å². The van der Waals surface area contributed by atoms with Crippen LogP contribution in [-0.2, 0) is 11.8 Å². The lowest BCUT2D eigenvalue weighted by Gasteiger charge is -2.38. The van der Waals surface area contributed by atoms with Crippen LogP contribution in [0.4, 0.5) is 0 Å². The number of aromatic nitrogens is 2. The lowest BCUT2D eigenvalue weighted by atomic mass is 10.1. The van der Waals surface area contributed by atoms with Crippen LogP contribution in [0.3, 0.4) is 0 Å². The summed E-state index contributed by atoms with van der Waals surface area (Å²) in [6.07, 6.45) is 2.62. The van der Waals surface area contributed by atoms with E-state index in [-0.39, 0.29) is 17.5 Å². The molecule has 1 amide bonds. The Labute approximate surface area is 164 Å². The van der Waals surface area contributed by atoms with Crippen molar-refractivity contribution in [1.29, 1.82) is 0 Å². The molecule has 7 heteroatoms. The van der Waals surface area contributed by atoms with E-state index in [2.05, 4.69) is 18.7 Å². The van der Waals surface area contributed by atoms with Gasteiger partial charge in [0.2, 0.25) is 5.91 Å². The molecule has 1 aliphatic rings. The summed E-state index contributed by atoms with van der Waals surface area (Å²) < 4.78 is 1.61. The molecule has 1 aromatic heterocycles. The number of hydrogen-bond donors (Lipinski definition) is 0. The molecular weight excluding hydrogens is 364 g/mol. The first-order chi connectivity index (χ1) is 12.9. The van der Waals surface area contributed by atoms with Gasteiger partial charge < -0.3 is 4.90 Å². The zero-order chi connectivity index (χ0) is 19.6. The molecule has 1 aliphatic heterocycles. The summed E-state index contributed by atoms with van der Waals surface area (Å²) in [5.41, 5.74) is 0.579. The number of unbranched alkanes of at least 4 members (excludes halogenated alkanes) is 1. The van der Waals surface area contributed by atoms with E-state index < -0.39 is 0 Å². The first-order valence-electron chi connectivity index (χ1n) is 9.60. The van der Waals surface area contributed by atoms with E-state index in [9.17, 15) is 9.59 Å². The van der Waals surface area contributed by atoms with Gasteiger partial charge in [0.05, 0.1) is 16.9 Å². The fourth-order valence-electron chi connectivity index (χ4n) is 3.64. The molecule has 1 fully saturated rings. The Balaban J connectivity index is 1.76. The average molecular weight is 391 g/mol. The first kappa shape index (κ1) is 19.8. The topological polar surface area (TPSA) is 58.4 Å². The predicted octanol–water partition coefficient (Wildman–Crippen LogP) is 2.98. The highest BCUT2D eigenvalue weighted by Gasteiger charge is 2.26. The summed E-state index contributed by atoms with van der Waals surface area (Å²) in [4.78, 5) is 33.9. The second-order valence-electron chi connectivity index (χ2n) is 7.19. The number of fused-ring (bicyclic) bond motifs is 1. The second-order valence-corrected chi connectivity index (χ2v) is 7.63. The van der Waals surface area contributed by atoms with Gasteiger partial charge in [-0.05, 0) is 31.5 Å². The molecule has 1 saturated heterocycles. The quantitative estimate of drug-likeness (QED) is 0.787. The third kappa shape index (κ3) is 4.17. The highest BCUT2D eigenvalue weighted by Crippen LogP contribution is 2.22. The zero-order valence-electron chi connectivity index (χ0n) is 16.2. The summed E-state index contributed by atoms with van der Waals surface area (Å²) in [7, 11) is 1.76. The van der Waals surface area contributed by atoms with E-state index in [0.29, 0.717) is 22.3 Å². The molecule has 6 nitrogen and oxygen atoms in total. The monoisotopic (exact) mass is 390 g/mol. The van der Waals surface area contributed by atoms with E-state index in [1.54, 1.807) is 29.8 Å². The largest absolute Gasteiger partial charge is 0.340 e. The maximum absolute atomic E-state index is 12.7. The summed E-state index contributed by atoms with van der Waals surface area (Å²) in [5.74, 6) is 0.984. The molecule has 0 aliphatic carbocycles. The fourth-order valence-corrected chi connectivity index (χ4v) is 3.81. The van der Waals surface area contributed by atoms with Crippen LogP contribution < -0.4 is 5.56 Å². The number of rotatable bonds is 5. The minimum absolute atomic E-state index is 0.00401. The first-order valence-corrected chi connectivity index (χ1v) is 9.98. The van der Waals surface area contributed by atoms with Gasteiger partial charge in [-0.2, -0.15) is 0 Å². The van der Waals surface area contributed by atoms with Crippen molar-refractivity contribution in [2.75, 3.05) is 26.2 Å². The molecule has 1 unspecified atom stereocenters. The minimum Gasteiger partial charge on any atom is -0.340 e. The Kier molecular flexibility index (Phi) is 6.17. The third-order valence-corrected chi connectivity index (χ3v) is 5.64. The maximum Gasteiger partial charge on any atom is 0.261 e. The maximum atomic E-state index is 12.7. The molecule has 0 saturated carbocycles. The Morgan fingerprint density at radius 1 is 1.26 bits per heavy atom. The standard InChI is InChI=1S/C20H27ClN4O2/c1-4-5-6-18(26)25-11-9-24(10-12-25)14(2)19-22-17-8-7-15(21)13-16(17)20(27)23(19)3/h7-8,13-14H,4-6,9-12H2,1-3H3. The highest BCUT2D eigenvalue weighted by atomic mass is 35.5. The number of benzene rings is 1. The average Bonchev–Trinajstić information content (AvgIpc) is 2.69. The lowest BCUT2D eigenvalue weighted by molar-refractivity contribution is -0.133. The molecule has 0 N–H and O–H groups in total. The van der Waals surface area contributed by atoms with Gasteiger partial charge in [0.1, 0.15) is 5.82 Å². The van der Waals surface area contributed by atoms with Crippen molar-refractivity contribution in [2.45, 2.75) is 39.2 Å². The van der Waals surface area contributed by atoms with Gasteiger partial charge in [-0.15, -0.1) is 0 Å². The van der Waals surface area contributed by atoms with Gasteiger partial charge in [0.25, 0.3) is 5.56 Å². The smallest absolute Gasteiger partial charge is 0.261 e. The molecule has 1 aromatic carbocycles. The van der Waals surface area contributed by atoms with Crippen LogP contribution in [-0.4, -0.2) is 51.4 Å². The summed E-state index contributed by atoms with van der Waals surface area (Å²) in [6.45, 7) is 7.19. The van der Waals surface area contributed by atoms with Crippen molar-refractivity contribution < 1.29 is 4.79 Å². The van der Waals surface area contributed by atoms with Crippen LogP contribution in [0.2, 0.25) is 5.02 Å². The molecule has 2 heterocycles. The van der Waals surface area contributed by atoms with Crippen molar-refractivity contribution in [3.63, 3.8) is 0 Å². The van der Waals surface area contributed by atoms with E-state index in [1.807, 2.05) is 4.90 Å². The SMILES string of the molecule is CCCCC(=O)N1CCN(C(C)c2nc3ccc(Cl)cc3c(=O)n2C)CC1. The van der Waals surface area contributed by atoms with Crippen molar-refractivity contribution in [2.24, 2.45) is 7.05 Å². The minimum atomic E-state index is -0.0854. The Hall–Kier alpha value is -1.92. The number of halogens is 1. The number of hydrogen-bond acceptors (Lipinski definition) is 4. The number of carbonyl (C=O) groups is 1. The molecule has 2 aromatic rings. The van der Waals surface area contributed by atoms with Crippen molar-refractivity contribution in [3.8, 4) is 0 Å². The molecule has 3 rings (SSSR count). The molecule has 0 radical (unpaired) electrons. The normalized spacial score (nSPS) is 16.7. The molecule has 0 spiro atoms. The lowest BCUT2D eigenvalue weighted by Crippen LogP contribution is -2.49.